The van der Waals surface area contributed by atoms with Gasteiger partial charge in [-0.05, 0) is 43.7 Å². The number of ketones is 1. The van der Waals surface area contributed by atoms with Crippen molar-refractivity contribution >= 4 is 11.5 Å². The number of hydrogen-bond donors (Lipinski definition) is 1. The lowest BCUT2D eigenvalue weighted by Gasteiger charge is -2.12. The number of carbonyl (C=O) groups excluding carboxylic acids is 1. The zero-order valence-electron chi connectivity index (χ0n) is 12.1. The Morgan fingerprint density at radius 3 is 2.71 bits per heavy atom. The lowest BCUT2D eigenvalue weighted by atomic mass is 10.1. The van der Waals surface area contributed by atoms with Crippen molar-refractivity contribution in [2.24, 2.45) is 0 Å². The van der Waals surface area contributed by atoms with Gasteiger partial charge in [-0.2, -0.15) is 0 Å². The smallest absolute Gasteiger partial charge is 0.184 e. The Morgan fingerprint density at radius 2 is 1.95 bits per heavy atom. The van der Waals surface area contributed by atoms with Crippen molar-refractivity contribution in [3.63, 3.8) is 0 Å². The van der Waals surface area contributed by atoms with E-state index in [2.05, 4.69) is 4.98 Å². The fourth-order valence-electron chi connectivity index (χ4n) is 2.52. The predicted molar refractivity (Wildman–Crippen MR) is 83.5 cm³/mol. The van der Waals surface area contributed by atoms with Gasteiger partial charge in [-0.1, -0.05) is 12.1 Å². The molecule has 4 nitrogen and oxygen atoms in total. The quantitative estimate of drug-likeness (QED) is 0.592. The molecule has 2 heterocycles. The average molecular weight is 279 g/mol. The fraction of sp³-hybridized carbons (Fsp3) is 0.176. The number of nitrogens with zero attached hydrogens (tertiary/aromatic N) is 2. The molecule has 2 N–H and O–H groups in total. The summed E-state index contributed by atoms with van der Waals surface area (Å²) in [4.78, 5) is 17.0. The summed E-state index contributed by atoms with van der Waals surface area (Å²) in [6.07, 6.45) is 1.88. The van der Waals surface area contributed by atoms with Crippen LogP contribution < -0.4 is 5.73 Å². The number of aromatic nitrogens is 2. The fourth-order valence-corrected chi connectivity index (χ4v) is 2.52. The molecule has 0 aromatic heterocycles. The number of hydrogen-bond acceptors (Lipinski definition) is 3. The van der Waals surface area contributed by atoms with Crippen molar-refractivity contribution in [3.8, 4) is 11.4 Å². The molecule has 0 saturated heterocycles. The molecule has 2 aliphatic rings. The summed E-state index contributed by atoms with van der Waals surface area (Å²) in [7, 11) is 0. The Kier molecular flexibility index (Phi) is 3.22. The second-order valence-electron chi connectivity index (χ2n) is 5.21. The monoisotopic (exact) mass is 279 g/mol. The summed E-state index contributed by atoms with van der Waals surface area (Å²) in [5.74, 6) is 0.833. The molecule has 1 aromatic rings. The SMILES string of the molecule is Cc1nc2n(CC(=O)c3ccccc3N)cccc-2c1C. The molecule has 0 unspecified atom stereocenters. The van der Waals surface area contributed by atoms with Crippen molar-refractivity contribution in [2.45, 2.75) is 20.4 Å². The number of pyridine rings is 1. The van der Waals surface area contributed by atoms with Crippen LogP contribution in [0.3, 0.4) is 0 Å². The Bertz CT molecular complexity index is 789. The molecule has 0 fully saturated rings. The van der Waals surface area contributed by atoms with Crippen LogP contribution in [0.25, 0.3) is 11.4 Å². The van der Waals surface area contributed by atoms with Crippen LogP contribution in [0.4, 0.5) is 5.69 Å². The van der Waals surface area contributed by atoms with Crippen LogP contribution in [-0.4, -0.2) is 15.3 Å². The first-order chi connectivity index (χ1) is 10.1. The minimum Gasteiger partial charge on any atom is -0.398 e. The van der Waals surface area contributed by atoms with Crippen molar-refractivity contribution in [3.05, 3.63) is 59.4 Å². The second-order valence-corrected chi connectivity index (χ2v) is 5.21. The third kappa shape index (κ3) is 2.29. The number of fused-ring (bicyclic) bond motifs is 1. The number of anilines is 1. The van der Waals surface area contributed by atoms with Crippen LogP contribution >= 0.6 is 0 Å². The highest BCUT2D eigenvalue weighted by atomic mass is 16.1. The number of benzene rings is 1. The second kappa shape index (κ2) is 5.05. The van der Waals surface area contributed by atoms with E-state index in [9.17, 15) is 4.79 Å². The molecule has 21 heavy (non-hydrogen) atoms. The number of carbonyl (C=O) groups is 1. The van der Waals surface area contributed by atoms with Gasteiger partial charge in [-0.15, -0.1) is 0 Å². The molecular weight excluding hydrogens is 262 g/mol. The van der Waals surface area contributed by atoms with E-state index in [1.165, 1.54) is 0 Å². The minimum absolute atomic E-state index is 0.0103. The number of aryl methyl sites for hydroxylation is 1. The van der Waals surface area contributed by atoms with Gasteiger partial charge < -0.3 is 10.3 Å². The summed E-state index contributed by atoms with van der Waals surface area (Å²) in [6, 6.07) is 11.1. The van der Waals surface area contributed by atoms with Gasteiger partial charge in [0.25, 0.3) is 0 Å². The molecule has 0 spiro atoms. The molecule has 4 heteroatoms. The summed E-state index contributed by atoms with van der Waals surface area (Å²) in [6.45, 7) is 4.27. The van der Waals surface area contributed by atoms with Gasteiger partial charge in [0.05, 0.1) is 6.54 Å². The van der Waals surface area contributed by atoms with E-state index < -0.39 is 0 Å². The minimum atomic E-state index is -0.0103. The van der Waals surface area contributed by atoms with Gasteiger partial charge in [0.2, 0.25) is 0 Å². The number of para-hydroxylation sites is 1. The van der Waals surface area contributed by atoms with Crippen molar-refractivity contribution < 1.29 is 4.79 Å². The standard InChI is InChI=1S/C17H17N3O/c1-11-12(2)19-17-13(11)7-5-9-20(17)10-16(21)14-6-3-4-8-15(14)18/h3-9H,10,18H2,1-2H3. The van der Waals surface area contributed by atoms with Crippen LogP contribution in [0.1, 0.15) is 21.6 Å². The molecule has 3 rings (SSSR count). The first-order valence-corrected chi connectivity index (χ1v) is 6.87. The lowest BCUT2D eigenvalue weighted by molar-refractivity contribution is 0.0973. The summed E-state index contributed by atoms with van der Waals surface area (Å²) < 4.78 is 1.88. The van der Waals surface area contributed by atoms with Crippen LogP contribution in [0.5, 0.6) is 0 Å². The van der Waals surface area contributed by atoms with E-state index in [0.29, 0.717) is 11.3 Å². The maximum atomic E-state index is 12.4. The molecule has 106 valence electrons. The molecule has 0 saturated carbocycles. The van der Waals surface area contributed by atoms with Crippen molar-refractivity contribution in [1.29, 1.82) is 0 Å². The molecule has 0 amide bonds. The zero-order valence-corrected chi connectivity index (χ0v) is 12.1. The molecule has 0 radical (unpaired) electrons. The maximum absolute atomic E-state index is 12.4. The first-order valence-electron chi connectivity index (χ1n) is 6.87. The molecular formula is C17H17N3O. The summed E-state index contributed by atoms with van der Waals surface area (Å²) in [5, 5.41) is 0. The molecule has 0 bridgehead atoms. The van der Waals surface area contributed by atoms with Crippen LogP contribution in [0.15, 0.2) is 42.6 Å². The topological polar surface area (TPSA) is 60.9 Å². The van der Waals surface area contributed by atoms with Gasteiger partial charge >= 0.3 is 0 Å². The van der Waals surface area contributed by atoms with E-state index in [1.807, 2.05) is 48.9 Å². The van der Waals surface area contributed by atoms with Gasteiger partial charge in [-0.3, -0.25) is 4.79 Å². The number of Topliss-reactive ketones (excluding diaryl/α,β-unsaturated/α-hetero) is 1. The van der Waals surface area contributed by atoms with E-state index in [1.54, 1.807) is 12.1 Å². The highest BCUT2D eigenvalue weighted by molar-refractivity contribution is 6.00. The van der Waals surface area contributed by atoms with Gasteiger partial charge in [0.15, 0.2) is 5.78 Å². The Hall–Kier alpha value is -2.62. The molecule has 1 aromatic carbocycles. The van der Waals surface area contributed by atoms with Gasteiger partial charge in [0, 0.05) is 28.7 Å². The summed E-state index contributed by atoms with van der Waals surface area (Å²) in [5.41, 5.74) is 10.2. The normalized spacial score (nSPS) is 11.0. The zero-order chi connectivity index (χ0) is 15.0. The number of nitrogen functional groups attached to an aromatic ring is 1. The Labute approximate surface area is 123 Å². The third-order valence-electron chi connectivity index (χ3n) is 3.84. The molecule has 0 aliphatic carbocycles. The summed E-state index contributed by atoms with van der Waals surface area (Å²) >= 11 is 0. The van der Waals surface area contributed by atoms with Gasteiger partial charge in [-0.25, -0.2) is 4.98 Å². The highest BCUT2D eigenvalue weighted by Crippen LogP contribution is 2.27. The maximum Gasteiger partial charge on any atom is 0.184 e. The van der Waals surface area contributed by atoms with E-state index in [-0.39, 0.29) is 12.3 Å². The van der Waals surface area contributed by atoms with Crippen LogP contribution in [0.2, 0.25) is 0 Å². The van der Waals surface area contributed by atoms with Crippen LogP contribution in [0, 0.1) is 13.8 Å². The van der Waals surface area contributed by atoms with E-state index in [0.717, 1.165) is 22.6 Å². The number of nitrogens with two attached hydrogens (primary N) is 1. The van der Waals surface area contributed by atoms with E-state index in [4.69, 9.17) is 5.73 Å². The van der Waals surface area contributed by atoms with E-state index >= 15 is 0 Å². The van der Waals surface area contributed by atoms with Crippen molar-refractivity contribution in [1.82, 2.24) is 9.55 Å². The largest absolute Gasteiger partial charge is 0.398 e. The number of rotatable bonds is 3. The van der Waals surface area contributed by atoms with Crippen LogP contribution in [-0.2, 0) is 6.54 Å². The van der Waals surface area contributed by atoms with Crippen molar-refractivity contribution in [2.75, 3.05) is 5.73 Å². The first kappa shape index (κ1) is 13.4. The van der Waals surface area contributed by atoms with Gasteiger partial charge in [0.1, 0.15) is 5.82 Å². The average Bonchev–Trinajstić information content (AvgIpc) is 2.76. The lowest BCUT2D eigenvalue weighted by Crippen LogP contribution is -2.14. The predicted octanol–water partition coefficient (Wildman–Crippen LogP) is 3.07. The Balaban J connectivity index is 1.97. The molecule has 0 atom stereocenters. The Morgan fingerprint density at radius 1 is 1.19 bits per heavy atom. The molecule has 2 aliphatic heterocycles. The highest BCUT2D eigenvalue weighted by Gasteiger charge is 2.17. The third-order valence-corrected chi connectivity index (χ3v) is 3.84.